The van der Waals surface area contributed by atoms with Crippen LogP contribution in [0.2, 0.25) is 0 Å². The average molecular weight is 442 g/mol. The molecule has 0 spiro atoms. The van der Waals surface area contributed by atoms with Crippen LogP contribution in [0.25, 0.3) is 5.52 Å². The number of nitrogens with zero attached hydrogens (tertiary/aromatic N) is 7. The molecule has 0 radical (unpaired) electrons. The molecule has 1 atom stereocenters. The summed E-state index contributed by atoms with van der Waals surface area (Å²) in [7, 11) is 0. The molecule has 6 rings (SSSR count). The number of benzene rings is 1. The summed E-state index contributed by atoms with van der Waals surface area (Å²) in [4.78, 5) is 4.67. The highest BCUT2D eigenvalue weighted by Gasteiger charge is 2.32. The van der Waals surface area contributed by atoms with E-state index in [9.17, 15) is 9.65 Å². The molecule has 0 N–H and O–H groups in total. The van der Waals surface area contributed by atoms with Crippen LogP contribution >= 0.6 is 0 Å². The standard InChI is InChI=1S/C25H24FN7/c1-17-13-31(23-8-7-19(11-27)33-25(23)21(26)12-28-33)16-24-20-15-30(10-9-22(20)29-32(17)24)14-18-5-3-2-4-6-18/h2-8,12,17H,9-10,13-16H2,1H3/t17-/m1/s1. The number of halogens is 1. The Bertz CT molecular complexity index is 1380. The van der Waals surface area contributed by atoms with Gasteiger partial charge in [0.25, 0.3) is 0 Å². The summed E-state index contributed by atoms with van der Waals surface area (Å²) in [5.74, 6) is -0.412. The van der Waals surface area contributed by atoms with E-state index in [1.54, 1.807) is 6.07 Å². The van der Waals surface area contributed by atoms with Crippen LogP contribution in [-0.2, 0) is 26.1 Å². The van der Waals surface area contributed by atoms with Crippen molar-refractivity contribution in [2.24, 2.45) is 0 Å². The van der Waals surface area contributed by atoms with Crippen LogP contribution in [0, 0.1) is 17.1 Å². The molecular weight excluding hydrogens is 417 g/mol. The van der Waals surface area contributed by atoms with Crippen molar-refractivity contribution in [1.29, 1.82) is 5.26 Å². The van der Waals surface area contributed by atoms with E-state index < -0.39 is 5.82 Å². The number of pyridine rings is 1. The van der Waals surface area contributed by atoms with Gasteiger partial charge in [-0.25, -0.2) is 8.91 Å². The van der Waals surface area contributed by atoms with Crippen LogP contribution in [0.15, 0.2) is 48.7 Å². The first-order valence-corrected chi connectivity index (χ1v) is 11.3. The van der Waals surface area contributed by atoms with Crippen molar-refractivity contribution in [2.75, 3.05) is 18.0 Å². The van der Waals surface area contributed by atoms with Crippen molar-refractivity contribution < 1.29 is 4.39 Å². The van der Waals surface area contributed by atoms with Crippen LogP contribution < -0.4 is 4.90 Å². The Morgan fingerprint density at radius 2 is 2.00 bits per heavy atom. The minimum Gasteiger partial charge on any atom is -0.362 e. The number of aromatic nitrogens is 4. The van der Waals surface area contributed by atoms with Gasteiger partial charge in [-0.1, -0.05) is 30.3 Å². The van der Waals surface area contributed by atoms with E-state index >= 15 is 0 Å². The van der Waals surface area contributed by atoms with Crippen LogP contribution in [0.1, 0.15) is 41.2 Å². The van der Waals surface area contributed by atoms with Gasteiger partial charge in [-0.2, -0.15) is 15.5 Å². The quantitative estimate of drug-likeness (QED) is 0.485. The van der Waals surface area contributed by atoms with Crippen molar-refractivity contribution in [3.63, 3.8) is 0 Å². The summed E-state index contributed by atoms with van der Waals surface area (Å²) in [6, 6.07) is 16.4. The molecule has 0 bridgehead atoms. The lowest BCUT2D eigenvalue weighted by atomic mass is 10.0. The third-order valence-corrected chi connectivity index (χ3v) is 6.79. The van der Waals surface area contributed by atoms with Crippen LogP contribution in [0.4, 0.5) is 10.1 Å². The first kappa shape index (κ1) is 19.9. The first-order valence-electron chi connectivity index (χ1n) is 11.3. The van der Waals surface area contributed by atoms with Crippen molar-refractivity contribution >= 4 is 11.2 Å². The highest BCUT2D eigenvalue weighted by Crippen LogP contribution is 2.34. The Balaban J connectivity index is 1.34. The second kappa shape index (κ2) is 7.71. The third-order valence-electron chi connectivity index (χ3n) is 6.79. The topological polar surface area (TPSA) is 65.4 Å². The molecule has 0 unspecified atom stereocenters. The fourth-order valence-electron chi connectivity index (χ4n) is 5.23. The lowest BCUT2D eigenvalue weighted by Crippen LogP contribution is -2.37. The summed E-state index contributed by atoms with van der Waals surface area (Å²) in [6.07, 6.45) is 2.12. The molecule has 2 aliphatic rings. The third kappa shape index (κ3) is 3.28. The maximum Gasteiger partial charge on any atom is 0.171 e. The van der Waals surface area contributed by atoms with E-state index in [0.29, 0.717) is 24.3 Å². The Hall–Kier alpha value is -3.70. The summed E-state index contributed by atoms with van der Waals surface area (Å²) in [5, 5.41) is 18.4. The molecule has 166 valence electrons. The van der Waals surface area contributed by atoms with Crippen molar-refractivity contribution in [1.82, 2.24) is 24.3 Å². The minimum absolute atomic E-state index is 0.156. The van der Waals surface area contributed by atoms with E-state index in [-0.39, 0.29) is 6.04 Å². The Morgan fingerprint density at radius 1 is 1.15 bits per heavy atom. The molecular formula is C25H24FN7. The first-order chi connectivity index (χ1) is 16.1. The van der Waals surface area contributed by atoms with Crippen molar-refractivity contribution in [3.8, 4) is 6.07 Å². The van der Waals surface area contributed by atoms with Crippen molar-refractivity contribution in [2.45, 2.75) is 39.0 Å². The highest BCUT2D eigenvalue weighted by molar-refractivity contribution is 5.75. The molecule has 5 heterocycles. The van der Waals surface area contributed by atoms with Gasteiger partial charge >= 0.3 is 0 Å². The predicted octanol–water partition coefficient (Wildman–Crippen LogP) is 3.68. The molecule has 0 saturated heterocycles. The monoisotopic (exact) mass is 441 g/mol. The SMILES string of the molecule is C[C@@H]1CN(c2ccc(C#N)n3ncc(F)c23)Cc2c3c(nn21)CCN(Cc1ccccc1)C3. The number of rotatable bonds is 3. The van der Waals surface area contributed by atoms with E-state index in [2.05, 4.69) is 56.8 Å². The molecule has 3 aromatic heterocycles. The van der Waals surface area contributed by atoms with E-state index in [1.807, 2.05) is 12.1 Å². The van der Waals surface area contributed by atoms with Gasteiger partial charge in [0.2, 0.25) is 0 Å². The van der Waals surface area contributed by atoms with Crippen LogP contribution in [-0.4, -0.2) is 37.4 Å². The number of hydrogen-bond donors (Lipinski definition) is 0. The molecule has 2 aliphatic heterocycles. The maximum atomic E-state index is 14.7. The molecule has 0 saturated carbocycles. The zero-order valence-corrected chi connectivity index (χ0v) is 18.4. The number of fused-ring (bicyclic) bond motifs is 4. The smallest absolute Gasteiger partial charge is 0.171 e. The molecule has 1 aromatic carbocycles. The fourth-order valence-corrected chi connectivity index (χ4v) is 5.23. The maximum absolute atomic E-state index is 14.7. The van der Waals surface area contributed by atoms with Gasteiger partial charge in [-0.3, -0.25) is 9.58 Å². The van der Waals surface area contributed by atoms with Gasteiger partial charge in [-0.05, 0) is 24.6 Å². The molecule has 4 aromatic rings. The van der Waals surface area contributed by atoms with Gasteiger partial charge in [0.05, 0.1) is 35.9 Å². The summed E-state index contributed by atoms with van der Waals surface area (Å²) in [6.45, 7) is 6.30. The number of anilines is 1. The molecule has 0 amide bonds. The van der Waals surface area contributed by atoms with Crippen molar-refractivity contribution in [3.05, 3.63) is 82.7 Å². The fraction of sp³-hybridized carbons (Fsp3) is 0.320. The second-order valence-electron chi connectivity index (χ2n) is 8.96. The van der Waals surface area contributed by atoms with Gasteiger partial charge in [0.1, 0.15) is 17.3 Å². The molecule has 0 fully saturated rings. The normalized spacial score (nSPS) is 18.2. The average Bonchev–Trinajstić information content (AvgIpc) is 3.40. The molecule has 0 aliphatic carbocycles. The lowest BCUT2D eigenvalue weighted by Gasteiger charge is -2.35. The zero-order chi connectivity index (χ0) is 22.5. The molecule has 33 heavy (non-hydrogen) atoms. The highest BCUT2D eigenvalue weighted by atomic mass is 19.1. The van der Waals surface area contributed by atoms with Gasteiger partial charge < -0.3 is 4.90 Å². The summed E-state index contributed by atoms with van der Waals surface area (Å²) in [5.41, 5.74) is 6.43. The Morgan fingerprint density at radius 3 is 2.82 bits per heavy atom. The van der Waals surface area contributed by atoms with E-state index in [4.69, 9.17) is 5.10 Å². The van der Waals surface area contributed by atoms with Crippen LogP contribution in [0.5, 0.6) is 0 Å². The van der Waals surface area contributed by atoms with E-state index in [0.717, 1.165) is 31.7 Å². The van der Waals surface area contributed by atoms with E-state index in [1.165, 1.54) is 33.2 Å². The summed E-state index contributed by atoms with van der Waals surface area (Å²) < 4.78 is 18.3. The van der Waals surface area contributed by atoms with Gasteiger partial charge in [0, 0.05) is 38.2 Å². The lowest BCUT2D eigenvalue weighted by molar-refractivity contribution is 0.244. The predicted molar refractivity (Wildman–Crippen MR) is 122 cm³/mol. The Kier molecular flexibility index (Phi) is 4.66. The molecule has 8 heteroatoms. The number of nitriles is 1. The Labute approximate surface area is 191 Å². The minimum atomic E-state index is -0.412. The van der Waals surface area contributed by atoms with Gasteiger partial charge in [-0.15, -0.1) is 0 Å². The van der Waals surface area contributed by atoms with Gasteiger partial charge in [0.15, 0.2) is 5.82 Å². The zero-order valence-electron chi connectivity index (χ0n) is 18.4. The largest absolute Gasteiger partial charge is 0.362 e. The molecule has 7 nitrogen and oxygen atoms in total. The van der Waals surface area contributed by atoms with Crippen LogP contribution in [0.3, 0.4) is 0 Å². The second-order valence-corrected chi connectivity index (χ2v) is 8.96. The summed E-state index contributed by atoms with van der Waals surface area (Å²) >= 11 is 0. The number of hydrogen-bond acceptors (Lipinski definition) is 5.